The molecule has 0 bridgehead atoms. The first-order valence-corrected chi connectivity index (χ1v) is 6.44. The number of hydrogen-bond acceptors (Lipinski definition) is 3. The summed E-state index contributed by atoms with van der Waals surface area (Å²) in [5, 5.41) is 8.79. The third-order valence-corrected chi connectivity index (χ3v) is 2.91. The Bertz CT molecular complexity index is 590. The van der Waals surface area contributed by atoms with Gasteiger partial charge in [-0.3, -0.25) is 4.79 Å². The van der Waals surface area contributed by atoms with Crippen LogP contribution in [0.3, 0.4) is 0 Å². The minimum absolute atomic E-state index is 0.0893. The van der Waals surface area contributed by atoms with Crippen molar-refractivity contribution in [3.05, 3.63) is 34.9 Å². The average Bonchev–Trinajstić information content (AvgIpc) is 2.44. The maximum Gasteiger partial charge on any atom is 0.253 e. The number of carbonyl (C=O) groups excluding carboxylic acids is 1. The van der Waals surface area contributed by atoms with Gasteiger partial charge < -0.3 is 10.6 Å². The lowest BCUT2D eigenvalue weighted by Gasteiger charge is -2.18. The zero-order valence-corrected chi connectivity index (χ0v) is 12.1. The first-order chi connectivity index (χ1) is 9.49. The molecule has 0 heterocycles. The molecule has 4 nitrogen and oxygen atoms in total. The van der Waals surface area contributed by atoms with Crippen LogP contribution in [0.5, 0.6) is 0 Å². The van der Waals surface area contributed by atoms with Crippen molar-refractivity contribution in [1.29, 1.82) is 5.26 Å². The van der Waals surface area contributed by atoms with E-state index in [0.29, 0.717) is 18.7 Å². The van der Waals surface area contributed by atoms with E-state index in [1.54, 1.807) is 24.9 Å². The average molecular weight is 269 g/mol. The van der Waals surface area contributed by atoms with Crippen LogP contribution in [0.2, 0.25) is 0 Å². The van der Waals surface area contributed by atoms with Crippen LogP contribution in [0.25, 0.3) is 0 Å². The summed E-state index contributed by atoms with van der Waals surface area (Å²) in [5.74, 6) is 5.49. The van der Waals surface area contributed by atoms with E-state index in [0.717, 1.165) is 11.1 Å². The van der Waals surface area contributed by atoms with Gasteiger partial charge in [-0.15, -0.1) is 0 Å². The van der Waals surface area contributed by atoms with Crippen molar-refractivity contribution in [2.24, 2.45) is 11.7 Å². The summed E-state index contributed by atoms with van der Waals surface area (Å²) in [4.78, 5) is 13.8. The van der Waals surface area contributed by atoms with Crippen molar-refractivity contribution < 1.29 is 4.79 Å². The molecule has 2 N–H and O–H groups in total. The maximum absolute atomic E-state index is 12.2. The van der Waals surface area contributed by atoms with Crippen molar-refractivity contribution >= 4 is 5.91 Å². The Hall–Kier alpha value is -2.30. The van der Waals surface area contributed by atoms with Gasteiger partial charge in [-0.25, -0.2) is 0 Å². The molecule has 4 heteroatoms. The zero-order chi connectivity index (χ0) is 15.1. The molecule has 1 amide bonds. The third kappa shape index (κ3) is 4.12. The molecular weight excluding hydrogens is 250 g/mol. The van der Waals surface area contributed by atoms with E-state index in [1.165, 1.54) is 0 Å². The fourth-order valence-electron chi connectivity index (χ4n) is 1.84. The third-order valence-electron chi connectivity index (χ3n) is 2.91. The Morgan fingerprint density at radius 2 is 2.20 bits per heavy atom. The highest BCUT2D eigenvalue weighted by Crippen LogP contribution is 2.12. The van der Waals surface area contributed by atoms with E-state index in [9.17, 15) is 4.79 Å². The van der Waals surface area contributed by atoms with Crippen LogP contribution in [-0.2, 0) is 0 Å². The van der Waals surface area contributed by atoms with Crippen LogP contribution in [-0.4, -0.2) is 30.9 Å². The highest BCUT2D eigenvalue weighted by atomic mass is 16.2. The van der Waals surface area contributed by atoms with Crippen molar-refractivity contribution in [3.63, 3.8) is 0 Å². The molecule has 0 radical (unpaired) electrons. The lowest BCUT2D eigenvalue weighted by Crippen LogP contribution is -2.30. The highest BCUT2D eigenvalue weighted by molar-refractivity contribution is 5.94. The van der Waals surface area contributed by atoms with E-state index >= 15 is 0 Å². The second-order valence-electron chi connectivity index (χ2n) is 4.75. The van der Waals surface area contributed by atoms with Crippen molar-refractivity contribution in [2.75, 3.05) is 20.1 Å². The lowest BCUT2D eigenvalue weighted by molar-refractivity contribution is 0.0785. The van der Waals surface area contributed by atoms with E-state index in [2.05, 4.69) is 17.9 Å². The zero-order valence-electron chi connectivity index (χ0n) is 12.1. The molecule has 104 valence electrons. The first-order valence-electron chi connectivity index (χ1n) is 6.44. The van der Waals surface area contributed by atoms with Crippen LogP contribution in [0.4, 0.5) is 0 Å². The SMILES string of the molecule is Cc1cc(C(=O)N(C)CC(C)C#N)ccc1C#CCN. The number of nitrogens with zero attached hydrogens (tertiary/aromatic N) is 2. The van der Waals surface area contributed by atoms with Crippen LogP contribution in [0, 0.1) is 36.0 Å². The second-order valence-corrected chi connectivity index (χ2v) is 4.75. The van der Waals surface area contributed by atoms with Gasteiger partial charge in [-0.2, -0.15) is 5.26 Å². The quantitative estimate of drug-likeness (QED) is 0.846. The Kier molecular flexibility index (Phi) is 5.77. The maximum atomic E-state index is 12.2. The predicted molar refractivity (Wildman–Crippen MR) is 78.8 cm³/mol. The van der Waals surface area contributed by atoms with E-state index in [-0.39, 0.29) is 11.8 Å². The summed E-state index contributed by atoms with van der Waals surface area (Å²) >= 11 is 0. The summed E-state index contributed by atoms with van der Waals surface area (Å²) < 4.78 is 0. The Balaban J connectivity index is 2.90. The molecule has 0 saturated heterocycles. The summed E-state index contributed by atoms with van der Waals surface area (Å²) in [6, 6.07) is 7.52. The molecule has 1 aromatic carbocycles. The van der Waals surface area contributed by atoms with Gasteiger partial charge in [0.2, 0.25) is 0 Å². The minimum Gasteiger partial charge on any atom is -0.340 e. The van der Waals surface area contributed by atoms with Crippen molar-refractivity contribution in [3.8, 4) is 17.9 Å². The molecule has 0 saturated carbocycles. The molecule has 0 aliphatic rings. The monoisotopic (exact) mass is 269 g/mol. The van der Waals surface area contributed by atoms with E-state index in [4.69, 9.17) is 11.0 Å². The molecular formula is C16H19N3O. The summed E-state index contributed by atoms with van der Waals surface area (Å²) in [5.41, 5.74) is 7.77. The molecule has 1 atom stereocenters. The van der Waals surface area contributed by atoms with Gasteiger partial charge in [0, 0.05) is 24.7 Å². The number of carbonyl (C=O) groups is 1. The number of aryl methyl sites for hydroxylation is 1. The molecule has 1 unspecified atom stereocenters. The number of rotatable bonds is 3. The largest absolute Gasteiger partial charge is 0.340 e. The Morgan fingerprint density at radius 3 is 2.75 bits per heavy atom. The van der Waals surface area contributed by atoms with Gasteiger partial charge in [0.05, 0.1) is 18.5 Å². The highest BCUT2D eigenvalue weighted by Gasteiger charge is 2.14. The fourth-order valence-corrected chi connectivity index (χ4v) is 1.84. The molecule has 0 fully saturated rings. The molecule has 1 rings (SSSR count). The standard InChI is InChI=1S/C16H19N3O/c1-12(10-18)11-19(3)16(20)15-7-6-14(5-4-8-17)13(2)9-15/h6-7,9,12H,8,11,17H2,1-3H3. The summed E-state index contributed by atoms with van der Waals surface area (Å²) in [6.45, 7) is 4.44. The van der Waals surface area contributed by atoms with Crippen LogP contribution in [0.1, 0.15) is 28.4 Å². The van der Waals surface area contributed by atoms with Gasteiger partial charge in [0.15, 0.2) is 0 Å². The molecule has 20 heavy (non-hydrogen) atoms. The summed E-state index contributed by atoms with van der Waals surface area (Å²) in [6.07, 6.45) is 0. The minimum atomic E-state index is -0.181. The van der Waals surface area contributed by atoms with Crippen LogP contribution in [0.15, 0.2) is 18.2 Å². The predicted octanol–water partition coefficient (Wildman–Crippen LogP) is 1.54. The van der Waals surface area contributed by atoms with Crippen molar-refractivity contribution in [1.82, 2.24) is 4.90 Å². The lowest BCUT2D eigenvalue weighted by atomic mass is 10.0. The Labute approximate surface area is 120 Å². The topological polar surface area (TPSA) is 70.1 Å². The molecule has 0 aromatic heterocycles. The molecule has 0 aliphatic heterocycles. The first kappa shape index (κ1) is 15.8. The summed E-state index contributed by atoms with van der Waals surface area (Å²) in [7, 11) is 1.70. The number of hydrogen-bond donors (Lipinski definition) is 1. The van der Waals surface area contributed by atoms with Gasteiger partial charge in [0.25, 0.3) is 5.91 Å². The van der Waals surface area contributed by atoms with Gasteiger partial charge in [-0.05, 0) is 37.6 Å². The fraction of sp³-hybridized carbons (Fsp3) is 0.375. The van der Waals surface area contributed by atoms with Gasteiger partial charge >= 0.3 is 0 Å². The molecule has 0 spiro atoms. The number of benzene rings is 1. The van der Waals surface area contributed by atoms with Gasteiger partial charge in [0.1, 0.15) is 0 Å². The Morgan fingerprint density at radius 1 is 1.50 bits per heavy atom. The van der Waals surface area contributed by atoms with E-state index < -0.39 is 0 Å². The van der Waals surface area contributed by atoms with Gasteiger partial charge in [-0.1, -0.05) is 11.8 Å². The second kappa shape index (κ2) is 7.33. The van der Waals surface area contributed by atoms with E-state index in [1.807, 2.05) is 19.1 Å². The van der Waals surface area contributed by atoms with Crippen molar-refractivity contribution in [2.45, 2.75) is 13.8 Å². The number of amides is 1. The smallest absolute Gasteiger partial charge is 0.253 e. The van der Waals surface area contributed by atoms with Crippen LogP contribution >= 0.6 is 0 Å². The van der Waals surface area contributed by atoms with Crippen LogP contribution < -0.4 is 5.73 Å². The molecule has 1 aromatic rings. The number of nitriles is 1. The normalized spacial score (nSPS) is 10.9. The number of nitrogens with two attached hydrogens (primary N) is 1. The molecule has 0 aliphatic carbocycles.